The summed E-state index contributed by atoms with van der Waals surface area (Å²) in [6, 6.07) is 5.36. The first-order chi connectivity index (χ1) is 11.1. The predicted octanol–water partition coefficient (Wildman–Crippen LogP) is 2.15. The third-order valence-corrected chi connectivity index (χ3v) is 5.04. The van der Waals surface area contributed by atoms with Crippen molar-refractivity contribution in [3.05, 3.63) is 34.6 Å². The maximum Gasteiger partial charge on any atom is 0.129 e. The fourth-order valence-electron chi connectivity index (χ4n) is 3.49. The molecule has 2 heterocycles. The highest BCUT2D eigenvalue weighted by Gasteiger charge is 2.30. The Morgan fingerprint density at radius 2 is 2.13 bits per heavy atom. The van der Waals surface area contributed by atoms with Gasteiger partial charge in [-0.05, 0) is 19.1 Å². The number of hydrogen-bond acceptors (Lipinski definition) is 4. The first kappa shape index (κ1) is 17.1. The summed E-state index contributed by atoms with van der Waals surface area (Å²) in [5.74, 6) is -0.207. The number of ether oxygens (including phenoxy) is 1. The molecule has 2 atom stereocenters. The minimum absolute atomic E-state index is 0.0219. The van der Waals surface area contributed by atoms with E-state index in [1.807, 2.05) is 0 Å². The summed E-state index contributed by atoms with van der Waals surface area (Å²) in [5, 5.41) is 3.97. The van der Waals surface area contributed by atoms with Gasteiger partial charge < -0.3 is 10.1 Å². The molecule has 2 fully saturated rings. The van der Waals surface area contributed by atoms with E-state index in [9.17, 15) is 4.39 Å². The molecule has 0 radical (unpaired) electrons. The van der Waals surface area contributed by atoms with Crippen LogP contribution in [0.5, 0.6) is 0 Å². The lowest BCUT2D eigenvalue weighted by Gasteiger charge is -2.41. The normalized spacial score (nSPS) is 25.4. The van der Waals surface area contributed by atoms with Crippen molar-refractivity contribution in [2.24, 2.45) is 0 Å². The van der Waals surface area contributed by atoms with Gasteiger partial charge in [-0.15, -0.1) is 0 Å². The van der Waals surface area contributed by atoms with Gasteiger partial charge in [-0.3, -0.25) is 9.80 Å². The highest BCUT2D eigenvalue weighted by atomic mass is 35.5. The van der Waals surface area contributed by atoms with Crippen molar-refractivity contribution in [1.29, 1.82) is 0 Å². The summed E-state index contributed by atoms with van der Waals surface area (Å²) in [6.07, 6.45) is 0. The van der Waals surface area contributed by atoms with E-state index in [4.69, 9.17) is 16.3 Å². The first-order valence-corrected chi connectivity index (χ1v) is 8.74. The molecule has 6 heteroatoms. The van der Waals surface area contributed by atoms with Gasteiger partial charge in [0.05, 0.1) is 19.3 Å². The third-order valence-electron chi connectivity index (χ3n) is 4.71. The molecule has 1 N–H and O–H groups in total. The second kappa shape index (κ2) is 7.90. The molecule has 2 aliphatic rings. The van der Waals surface area contributed by atoms with Crippen LogP contribution in [-0.4, -0.2) is 68.3 Å². The minimum Gasteiger partial charge on any atom is -0.379 e. The van der Waals surface area contributed by atoms with Crippen LogP contribution < -0.4 is 5.32 Å². The van der Waals surface area contributed by atoms with Gasteiger partial charge >= 0.3 is 0 Å². The number of morpholine rings is 1. The molecule has 2 unspecified atom stereocenters. The van der Waals surface area contributed by atoms with Gasteiger partial charge in [0.1, 0.15) is 5.82 Å². The fourth-order valence-corrected chi connectivity index (χ4v) is 3.78. The number of hydrogen-bond donors (Lipinski definition) is 1. The van der Waals surface area contributed by atoms with E-state index in [1.165, 1.54) is 6.07 Å². The lowest BCUT2D eigenvalue weighted by atomic mass is 10.0. The van der Waals surface area contributed by atoms with Crippen molar-refractivity contribution < 1.29 is 9.13 Å². The zero-order chi connectivity index (χ0) is 16.2. The average molecular weight is 342 g/mol. The van der Waals surface area contributed by atoms with Crippen LogP contribution in [-0.2, 0) is 4.74 Å². The lowest BCUT2D eigenvalue weighted by Crippen LogP contribution is -2.53. The molecule has 0 spiro atoms. The van der Waals surface area contributed by atoms with Crippen LogP contribution in [0.3, 0.4) is 0 Å². The Morgan fingerprint density at radius 3 is 2.83 bits per heavy atom. The molecule has 0 aromatic heterocycles. The molecule has 4 nitrogen and oxygen atoms in total. The van der Waals surface area contributed by atoms with Gasteiger partial charge in [-0.25, -0.2) is 4.39 Å². The molecule has 1 aromatic carbocycles. The van der Waals surface area contributed by atoms with Crippen molar-refractivity contribution in [3.8, 4) is 0 Å². The van der Waals surface area contributed by atoms with Crippen LogP contribution in [0.15, 0.2) is 18.2 Å². The Balaban J connectivity index is 1.85. The van der Waals surface area contributed by atoms with Crippen LogP contribution in [0.2, 0.25) is 5.02 Å². The summed E-state index contributed by atoms with van der Waals surface area (Å²) in [6.45, 7) is 8.97. The summed E-state index contributed by atoms with van der Waals surface area (Å²) in [7, 11) is 0. The van der Waals surface area contributed by atoms with E-state index in [0.29, 0.717) is 16.6 Å². The largest absolute Gasteiger partial charge is 0.379 e. The van der Waals surface area contributed by atoms with Crippen LogP contribution >= 0.6 is 11.6 Å². The van der Waals surface area contributed by atoms with Crippen LogP contribution in [0.25, 0.3) is 0 Å². The monoisotopic (exact) mass is 341 g/mol. The van der Waals surface area contributed by atoms with Crippen molar-refractivity contribution >= 4 is 11.6 Å². The Bertz CT molecular complexity index is 504. The van der Waals surface area contributed by atoms with Crippen molar-refractivity contribution in [1.82, 2.24) is 15.1 Å². The molecule has 0 bridgehead atoms. The Kier molecular flexibility index (Phi) is 5.88. The van der Waals surface area contributed by atoms with E-state index in [1.54, 1.807) is 12.1 Å². The molecule has 1 aromatic rings. The topological polar surface area (TPSA) is 27.7 Å². The zero-order valence-electron chi connectivity index (χ0n) is 13.6. The molecular formula is C17H25ClFN3O. The molecule has 2 aliphatic heterocycles. The van der Waals surface area contributed by atoms with Gasteiger partial charge in [-0.1, -0.05) is 17.7 Å². The number of benzene rings is 1. The van der Waals surface area contributed by atoms with E-state index >= 15 is 0 Å². The zero-order valence-corrected chi connectivity index (χ0v) is 14.4. The first-order valence-electron chi connectivity index (χ1n) is 8.36. The Morgan fingerprint density at radius 1 is 1.35 bits per heavy atom. The SMILES string of the molecule is CC1CN(C(CN2CCOCC2)c2c(F)cccc2Cl)CCN1. The smallest absolute Gasteiger partial charge is 0.129 e. The molecular weight excluding hydrogens is 317 g/mol. The van der Waals surface area contributed by atoms with Crippen LogP contribution in [0, 0.1) is 5.82 Å². The summed E-state index contributed by atoms with van der Waals surface area (Å²) >= 11 is 6.37. The average Bonchev–Trinajstić information content (AvgIpc) is 2.55. The van der Waals surface area contributed by atoms with Crippen LogP contribution in [0.4, 0.5) is 4.39 Å². The van der Waals surface area contributed by atoms with E-state index in [-0.39, 0.29) is 11.9 Å². The maximum atomic E-state index is 14.5. The number of nitrogens with one attached hydrogen (secondary N) is 1. The highest BCUT2D eigenvalue weighted by molar-refractivity contribution is 6.31. The van der Waals surface area contributed by atoms with Crippen molar-refractivity contribution in [3.63, 3.8) is 0 Å². The maximum absolute atomic E-state index is 14.5. The molecule has 0 saturated carbocycles. The Hall–Kier alpha value is -0.720. The van der Waals surface area contributed by atoms with Crippen molar-refractivity contribution in [2.45, 2.75) is 19.0 Å². The van der Waals surface area contributed by atoms with E-state index < -0.39 is 0 Å². The fraction of sp³-hybridized carbons (Fsp3) is 0.647. The van der Waals surface area contributed by atoms with Gasteiger partial charge in [-0.2, -0.15) is 0 Å². The summed E-state index contributed by atoms with van der Waals surface area (Å²) in [4.78, 5) is 4.71. The molecule has 2 saturated heterocycles. The standard InChI is InChI=1S/C17H25ClFN3O/c1-13-11-22(6-5-20-13)16(12-21-7-9-23-10-8-21)17-14(18)3-2-4-15(17)19/h2-4,13,16,20H,5-12H2,1H3. The van der Waals surface area contributed by atoms with Gasteiger partial charge in [0.25, 0.3) is 0 Å². The number of rotatable bonds is 4. The van der Waals surface area contributed by atoms with Gasteiger partial charge in [0.2, 0.25) is 0 Å². The molecule has 3 rings (SSSR count). The van der Waals surface area contributed by atoms with Crippen molar-refractivity contribution in [2.75, 3.05) is 52.5 Å². The summed E-state index contributed by atoms with van der Waals surface area (Å²) in [5.41, 5.74) is 0.634. The predicted molar refractivity (Wildman–Crippen MR) is 90.4 cm³/mol. The quantitative estimate of drug-likeness (QED) is 0.908. The second-order valence-corrected chi connectivity index (χ2v) is 6.82. The number of piperazine rings is 1. The molecule has 0 amide bonds. The number of halogens is 2. The minimum atomic E-state index is -0.207. The molecule has 128 valence electrons. The van der Waals surface area contributed by atoms with E-state index in [2.05, 4.69) is 22.0 Å². The van der Waals surface area contributed by atoms with E-state index in [0.717, 1.165) is 52.5 Å². The second-order valence-electron chi connectivity index (χ2n) is 6.41. The third kappa shape index (κ3) is 4.22. The Labute approximate surface area is 142 Å². The van der Waals surface area contributed by atoms with Crippen LogP contribution in [0.1, 0.15) is 18.5 Å². The molecule has 0 aliphatic carbocycles. The van der Waals surface area contributed by atoms with Gasteiger partial charge in [0.15, 0.2) is 0 Å². The molecule has 23 heavy (non-hydrogen) atoms. The van der Waals surface area contributed by atoms with Gasteiger partial charge in [0, 0.05) is 55.9 Å². The number of nitrogens with zero attached hydrogens (tertiary/aromatic N) is 2. The summed E-state index contributed by atoms with van der Waals surface area (Å²) < 4.78 is 20.0. The highest BCUT2D eigenvalue weighted by Crippen LogP contribution is 2.31. The lowest BCUT2D eigenvalue weighted by molar-refractivity contribution is 0.0183.